The Kier molecular flexibility index (Phi) is 16.6. The van der Waals surface area contributed by atoms with Crippen LogP contribution in [0.25, 0.3) is 0 Å². The van der Waals surface area contributed by atoms with Crippen molar-refractivity contribution in [3.05, 3.63) is 0 Å². The van der Waals surface area contributed by atoms with Gasteiger partial charge in [0.2, 0.25) is 0 Å². The van der Waals surface area contributed by atoms with E-state index < -0.39 is 6.29 Å². The van der Waals surface area contributed by atoms with Gasteiger partial charge in [-0.3, -0.25) is 0 Å². The molecular formula is C16H34O2S. The molecule has 0 aliphatic rings. The maximum absolute atomic E-state index is 9.20. The number of unbranched alkanes of at least 4 members (excludes halogenated alkanes) is 9. The summed E-state index contributed by atoms with van der Waals surface area (Å²) in [6.45, 7) is 2.27. The van der Waals surface area contributed by atoms with E-state index in [-0.39, 0.29) is 0 Å². The summed E-state index contributed by atoms with van der Waals surface area (Å²) in [6, 6.07) is 0. The zero-order valence-corrected chi connectivity index (χ0v) is 13.8. The number of aliphatic hydroxyl groups excluding tert-OH is 1. The van der Waals surface area contributed by atoms with Gasteiger partial charge >= 0.3 is 0 Å². The van der Waals surface area contributed by atoms with Crippen LogP contribution in [0.5, 0.6) is 0 Å². The van der Waals surface area contributed by atoms with Gasteiger partial charge in [0.25, 0.3) is 0 Å². The smallest absolute Gasteiger partial charge is 0.154 e. The Bertz CT molecular complexity index is 165. The van der Waals surface area contributed by atoms with E-state index >= 15 is 0 Å². The van der Waals surface area contributed by atoms with E-state index in [1.807, 2.05) is 11.8 Å². The maximum Gasteiger partial charge on any atom is 0.154 e. The van der Waals surface area contributed by atoms with Crippen molar-refractivity contribution in [2.75, 3.05) is 18.6 Å². The highest BCUT2D eigenvalue weighted by molar-refractivity contribution is 7.99. The second-order valence-electron chi connectivity index (χ2n) is 5.27. The van der Waals surface area contributed by atoms with E-state index in [1.54, 1.807) is 7.11 Å². The van der Waals surface area contributed by atoms with Gasteiger partial charge in [-0.15, -0.1) is 0 Å². The molecule has 1 atom stereocenters. The lowest BCUT2D eigenvalue weighted by Crippen LogP contribution is -2.09. The standard InChI is InChI=1S/C16H34O2S/c1-3-4-5-6-7-8-9-10-11-12-14-19-15-13-16(17)18-2/h16-17H,3-15H2,1-2H3. The molecule has 0 aliphatic heterocycles. The summed E-state index contributed by atoms with van der Waals surface area (Å²) in [7, 11) is 1.55. The first-order valence-corrected chi connectivity index (χ1v) is 9.25. The van der Waals surface area contributed by atoms with Crippen LogP contribution in [0.4, 0.5) is 0 Å². The van der Waals surface area contributed by atoms with Crippen molar-refractivity contribution in [1.82, 2.24) is 0 Å². The minimum Gasteiger partial charge on any atom is -0.368 e. The van der Waals surface area contributed by atoms with Crippen molar-refractivity contribution in [1.29, 1.82) is 0 Å². The Morgan fingerprint density at radius 2 is 1.37 bits per heavy atom. The Balaban J connectivity index is 2.95. The molecule has 0 fully saturated rings. The average molecular weight is 291 g/mol. The fourth-order valence-electron chi connectivity index (χ4n) is 2.10. The van der Waals surface area contributed by atoms with E-state index in [0.717, 1.165) is 12.2 Å². The van der Waals surface area contributed by atoms with Crippen molar-refractivity contribution in [3.63, 3.8) is 0 Å². The summed E-state index contributed by atoms with van der Waals surface area (Å²) >= 11 is 1.93. The second-order valence-corrected chi connectivity index (χ2v) is 6.50. The summed E-state index contributed by atoms with van der Waals surface area (Å²) in [5, 5.41) is 9.20. The predicted octanol–water partition coefficient (Wildman–Crippen LogP) is 5.00. The summed E-state index contributed by atoms with van der Waals surface area (Å²) in [6.07, 6.45) is 14.2. The summed E-state index contributed by atoms with van der Waals surface area (Å²) in [5.41, 5.74) is 0. The number of thioether (sulfide) groups is 1. The van der Waals surface area contributed by atoms with Crippen molar-refractivity contribution in [3.8, 4) is 0 Å². The molecule has 0 aromatic heterocycles. The van der Waals surface area contributed by atoms with E-state index in [4.69, 9.17) is 4.74 Å². The molecule has 0 rings (SSSR count). The van der Waals surface area contributed by atoms with Gasteiger partial charge in [-0.2, -0.15) is 11.8 Å². The van der Waals surface area contributed by atoms with Crippen LogP contribution in [0.3, 0.4) is 0 Å². The summed E-state index contributed by atoms with van der Waals surface area (Å²) < 4.78 is 4.80. The van der Waals surface area contributed by atoms with Gasteiger partial charge in [0, 0.05) is 13.5 Å². The van der Waals surface area contributed by atoms with Crippen LogP contribution in [0.15, 0.2) is 0 Å². The molecule has 2 nitrogen and oxygen atoms in total. The number of ether oxygens (including phenoxy) is 1. The molecule has 0 spiro atoms. The van der Waals surface area contributed by atoms with Gasteiger partial charge in [0.15, 0.2) is 6.29 Å². The van der Waals surface area contributed by atoms with Gasteiger partial charge in [0.05, 0.1) is 0 Å². The number of hydrogen-bond donors (Lipinski definition) is 1. The van der Waals surface area contributed by atoms with Crippen molar-refractivity contribution >= 4 is 11.8 Å². The first-order chi connectivity index (χ1) is 9.31. The average Bonchev–Trinajstić information content (AvgIpc) is 2.43. The van der Waals surface area contributed by atoms with Crippen molar-refractivity contribution in [2.24, 2.45) is 0 Å². The van der Waals surface area contributed by atoms with E-state index in [2.05, 4.69) is 6.92 Å². The zero-order valence-electron chi connectivity index (χ0n) is 13.0. The zero-order chi connectivity index (χ0) is 14.2. The van der Waals surface area contributed by atoms with Crippen LogP contribution in [0.2, 0.25) is 0 Å². The molecule has 116 valence electrons. The molecule has 0 saturated heterocycles. The van der Waals surface area contributed by atoms with Crippen LogP contribution in [0.1, 0.15) is 77.6 Å². The van der Waals surface area contributed by atoms with Crippen molar-refractivity contribution in [2.45, 2.75) is 83.8 Å². The monoisotopic (exact) mass is 290 g/mol. The highest BCUT2D eigenvalue weighted by Gasteiger charge is 2.00. The van der Waals surface area contributed by atoms with Gasteiger partial charge in [-0.1, -0.05) is 64.7 Å². The van der Waals surface area contributed by atoms with Crippen LogP contribution >= 0.6 is 11.8 Å². The quantitative estimate of drug-likeness (QED) is 0.340. The van der Waals surface area contributed by atoms with Crippen LogP contribution < -0.4 is 0 Å². The SMILES string of the molecule is CCCCCCCCCCCCSCCC(O)OC. The number of rotatable bonds is 15. The molecule has 0 aliphatic carbocycles. The molecule has 0 amide bonds. The van der Waals surface area contributed by atoms with Gasteiger partial charge in [0.1, 0.15) is 0 Å². The summed E-state index contributed by atoms with van der Waals surface area (Å²) in [4.78, 5) is 0. The number of hydrogen-bond acceptors (Lipinski definition) is 3. The van der Waals surface area contributed by atoms with Crippen LogP contribution in [-0.4, -0.2) is 30.0 Å². The van der Waals surface area contributed by atoms with Gasteiger partial charge in [-0.05, 0) is 17.9 Å². The Hall–Kier alpha value is 0.270. The minimum absolute atomic E-state index is 0.569. The molecule has 19 heavy (non-hydrogen) atoms. The Morgan fingerprint density at radius 3 is 1.89 bits per heavy atom. The second kappa shape index (κ2) is 16.3. The largest absolute Gasteiger partial charge is 0.368 e. The first-order valence-electron chi connectivity index (χ1n) is 8.09. The third-order valence-corrected chi connectivity index (χ3v) is 4.53. The molecule has 3 heteroatoms. The van der Waals surface area contributed by atoms with E-state index in [9.17, 15) is 5.11 Å². The Labute approximate surface area is 124 Å². The normalized spacial score (nSPS) is 12.8. The first kappa shape index (κ1) is 19.3. The Morgan fingerprint density at radius 1 is 0.842 bits per heavy atom. The molecule has 0 bridgehead atoms. The lowest BCUT2D eigenvalue weighted by Gasteiger charge is -2.07. The van der Waals surface area contributed by atoms with Gasteiger partial charge < -0.3 is 9.84 Å². The molecule has 1 N–H and O–H groups in total. The maximum atomic E-state index is 9.20. The molecule has 0 radical (unpaired) electrons. The van der Waals surface area contributed by atoms with E-state index in [1.165, 1.54) is 70.0 Å². The summed E-state index contributed by atoms with van der Waals surface area (Å²) in [5.74, 6) is 2.24. The number of methoxy groups -OCH3 is 1. The van der Waals surface area contributed by atoms with Crippen LogP contribution in [-0.2, 0) is 4.74 Å². The van der Waals surface area contributed by atoms with Crippen LogP contribution in [0, 0.1) is 0 Å². The molecule has 0 aromatic carbocycles. The molecular weight excluding hydrogens is 256 g/mol. The third-order valence-electron chi connectivity index (χ3n) is 3.42. The highest BCUT2D eigenvalue weighted by atomic mass is 32.2. The fraction of sp³-hybridized carbons (Fsp3) is 1.00. The predicted molar refractivity (Wildman–Crippen MR) is 86.8 cm³/mol. The molecule has 0 heterocycles. The molecule has 1 unspecified atom stereocenters. The topological polar surface area (TPSA) is 29.5 Å². The van der Waals surface area contributed by atoms with Gasteiger partial charge in [-0.25, -0.2) is 0 Å². The third kappa shape index (κ3) is 16.2. The lowest BCUT2D eigenvalue weighted by atomic mass is 10.1. The lowest BCUT2D eigenvalue weighted by molar-refractivity contribution is -0.0740. The van der Waals surface area contributed by atoms with E-state index in [0.29, 0.717) is 0 Å². The highest BCUT2D eigenvalue weighted by Crippen LogP contribution is 2.13. The molecule has 0 saturated carbocycles. The van der Waals surface area contributed by atoms with Crippen molar-refractivity contribution < 1.29 is 9.84 Å². The number of aliphatic hydroxyl groups is 1. The fourth-order valence-corrected chi connectivity index (χ4v) is 3.08. The molecule has 0 aromatic rings. The minimum atomic E-state index is -0.569.